The summed E-state index contributed by atoms with van der Waals surface area (Å²) in [5.74, 6) is 0. The summed E-state index contributed by atoms with van der Waals surface area (Å²) in [6.45, 7) is 0. The molecular formula is C14H13F3N2. The van der Waals surface area contributed by atoms with Crippen molar-refractivity contribution in [1.82, 2.24) is 4.98 Å². The molecule has 0 aliphatic carbocycles. The first kappa shape index (κ1) is 13.5. The van der Waals surface area contributed by atoms with Crippen LogP contribution in [-0.4, -0.2) is 4.98 Å². The molecule has 2 aromatic rings. The molecule has 1 heterocycles. The van der Waals surface area contributed by atoms with Gasteiger partial charge in [0.1, 0.15) is 0 Å². The predicted molar refractivity (Wildman–Crippen MR) is 66.3 cm³/mol. The average Bonchev–Trinajstić information content (AvgIpc) is 2.39. The normalized spacial score (nSPS) is 13.3. The van der Waals surface area contributed by atoms with Gasteiger partial charge in [0.15, 0.2) is 0 Å². The molecule has 0 aliphatic rings. The molecule has 100 valence electrons. The average molecular weight is 266 g/mol. The molecule has 1 atom stereocenters. The number of alkyl halides is 3. The molecule has 5 heteroatoms. The summed E-state index contributed by atoms with van der Waals surface area (Å²) in [7, 11) is 0. The van der Waals surface area contributed by atoms with E-state index in [0.29, 0.717) is 6.42 Å². The smallest absolute Gasteiger partial charge is 0.324 e. The van der Waals surface area contributed by atoms with Crippen molar-refractivity contribution in [2.75, 3.05) is 0 Å². The lowest BCUT2D eigenvalue weighted by Crippen LogP contribution is -2.19. The van der Waals surface area contributed by atoms with Crippen LogP contribution in [0.2, 0.25) is 0 Å². The van der Waals surface area contributed by atoms with Crippen molar-refractivity contribution in [2.45, 2.75) is 18.6 Å². The van der Waals surface area contributed by atoms with Crippen LogP contribution >= 0.6 is 0 Å². The Balaban J connectivity index is 2.27. The Morgan fingerprint density at radius 2 is 1.68 bits per heavy atom. The first-order chi connectivity index (χ1) is 8.98. The van der Waals surface area contributed by atoms with Crippen LogP contribution in [0.25, 0.3) is 0 Å². The van der Waals surface area contributed by atoms with Crippen LogP contribution in [0, 0.1) is 0 Å². The van der Waals surface area contributed by atoms with Gasteiger partial charge in [0.05, 0.1) is 5.56 Å². The summed E-state index contributed by atoms with van der Waals surface area (Å²) < 4.78 is 38.6. The van der Waals surface area contributed by atoms with Crippen molar-refractivity contribution in [1.29, 1.82) is 0 Å². The second kappa shape index (κ2) is 5.40. The van der Waals surface area contributed by atoms with Gasteiger partial charge in [-0.25, -0.2) is 0 Å². The fourth-order valence-electron chi connectivity index (χ4n) is 1.96. The molecule has 1 aromatic heterocycles. The summed E-state index contributed by atoms with van der Waals surface area (Å²) in [4.78, 5) is 3.86. The molecule has 1 unspecified atom stereocenters. The van der Waals surface area contributed by atoms with Gasteiger partial charge in [-0.2, -0.15) is 13.2 Å². The van der Waals surface area contributed by atoms with Gasteiger partial charge < -0.3 is 5.73 Å². The van der Waals surface area contributed by atoms with Gasteiger partial charge in [-0.05, 0) is 35.7 Å². The largest absolute Gasteiger partial charge is 0.416 e. The molecule has 0 saturated heterocycles. The summed E-state index contributed by atoms with van der Waals surface area (Å²) >= 11 is 0. The Morgan fingerprint density at radius 1 is 1.05 bits per heavy atom. The van der Waals surface area contributed by atoms with E-state index in [1.165, 1.54) is 12.1 Å². The third-order valence-electron chi connectivity index (χ3n) is 2.87. The Bertz CT molecular complexity index is 538. The third kappa shape index (κ3) is 3.32. The molecule has 2 nitrogen and oxygen atoms in total. The molecule has 0 bridgehead atoms. The molecule has 19 heavy (non-hydrogen) atoms. The molecule has 2 N–H and O–H groups in total. The number of nitrogens with zero attached hydrogens (tertiary/aromatic N) is 1. The highest BCUT2D eigenvalue weighted by Crippen LogP contribution is 2.34. The minimum Gasteiger partial charge on any atom is -0.324 e. The second-order valence-corrected chi connectivity index (χ2v) is 4.25. The van der Waals surface area contributed by atoms with Gasteiger partial charge in [-0.3, -0.25) is 4.98 Å². The van der Waals surface area contributed by atoms with E-state index in [-0.39, 0.29) is 5.56 Å². The number of hydrogen-bond acceptors (Lipinski definition) is 2. The van der Waals surface area contributed by atoms with E-state index in [9.17, 15) is 13.2 Å². The Labute approximate surface area is 109 Å². The SMILES string of the molecule is NC(Cc1ccncc1)c1ccccc1C(F)(F)F. The van der Waals surface area contributed by atoms with Crippen molar-refractivity contribution in [2.24, 2.45) is 5.73 Å². The van der Waals surface area contributed by atoms with Crippen LogP contribution < -0.4 is 5.73 Å². The topological polar surface area (TPSA) is 38.9 Å². The zero-order valence-corrected chi connectivity index (χ0v) is 10.1. The molecule has 0 fully saturated rings. The summed E-state index contributed by atoms with van der Waals surface area (Å²) in [5, 5.41) is 0. The fourth-order valence-corrected chi connectivity index (χ4v) is 1.96. The fraction of sp³-hybridized carbons (Fsp3) is 0.214. The number of benzene rings is 1. The van der Waals surface area contributed by atoms with Crippen molar-refractivity contribution < 1.29 is 13.2 Å². The number of aromatic nitrogens is 1. The summed E-state index contributed by atoms with van der Waals surface area (Å²) in [6.07, 6.45) is -0.850. The minimum atomic E-state index is -4.38. The number of rotatable bonds is 3. The number of nitrogens with two attached hydrogens (primary N) is 1. The van der Waals surface area contributed by atoms with E-state index in [2.05, 4.69) is 4.98 Å². The van der Waals surface area contributed by atoms with E-state index in [0.717, 1.165) is 11.6 Å². The first-order valence-electron chi connectivity index (χ1n) is 5.79. The molecule has 2 rings (SSSR count). The van der Waals surface area contributed by atoms with Crippen molar-refractivity contribution in [3.05, 3.63) is 65.5 Å². The van der Waals surface area contributed by atoms with Crippen LogP contribution in [0.5, 0.6) is 0 Å². The highest BCUT2D eigenvalue weighted by molar-refractivity contribution is 5.33. The van der Waals surface area contributed by atoms with Gasteiger partial charge in [0.2, 0.25) is 0 Å². The molecule has 0 aliphatic heterocycles. The lowest BCUT2D eigenvalue weighted by molar-refractivity contribution is -0.138. The van der Waals surface area contributed by atoms with Crippen LogP contribution in [0.15, 0.2) is 48.8 Å². The molecule has 0 radical (unpaired) electrons. The Morgan fingerprint density at radius 3 is 2.32 bits per heavy atom. The molecule has 0 amide bonds. The highest BCUT2D eigenvalue weighted by atomic mass is 19.4. The number of halogens is 3. The quantitative estimate of drug-likeness (QED) is 0.925. The lowest BCUT2D eigenvalue weighted by Gasteiger charge is -2.18. The third-order valence-corrected chi connectivity index (χ3v) is 2.87. The second-order valence-electron chi connectivity index (χ2n) is 4.25. The van der Waals surface area contributed by atoms with Gasteiger partial charge in [-0.15, -0.1) is 0 Å². The summed E-state index contributed by atoms with van der Waals surface area (Å²) in [6, 6.07) is 8.21. The lowest BCUT2D eigenvalue weighted by atomic mass is 9.95. The maximum Gasteiger partial charge on any atom is 0.416 e. The molecule has 0 saturated carbocycles. The summed E-state index contributed by atoms with van der Waals surface area (Å²) in [5.41, 5.74) is 6.21. The number of pyridine rings is 1. The van der Waals surface area contributed by atoms with E-state index in [4.69, 9.17) is 5.73 Å². The number of hydrogen-bond donors (Lipinski definition) is 1. The van der Waals surface area contributed by atoms with Crippen LogP contribution in [0.4, 0.5) is 13.2 Å². The molecule has 0 spiro atoms. The Kier molecular flexibility index (Phi) is 3.85. The minimum absolute atomic E-state index is 0.117. The van der Waals surface area contributed by atoms with E-state index < -0.39 is 17.8 Å². The van der Waals surface area contributed by atoms with Gasteiger partial charge in [0, 0.05) is 18.4 Å². The van der Waals surface area contributed by atoms with E-state index in [1.807, 2.05) is 0 Å². The molecular weight excluding hydrogens is 253 g/mol. The van der Waals surface area contributed by atoms with Crippen molar-refractivity contribution >= 4 is 0 Å². The monoisotopic (exact) mass is 266 g/mol. The van der Waals surface area contributed by atoms with E-state index in [1.54, 1.807) is 30.6 Å². The predicted octanol–water partition coefficient (Wildman–Crippen LogP) is 3.34. The van der Waals surface area contributed by atoms with Gasteiger partial charge in [0.25, 0.3) is 0 Å². The standard InChI is InChI=1S/C14H13F3N2/c15-14(16,17)12-4-2-1-3-11(12)13(18)9-10-5-7-19-8-6-10/h1-8,13H,9,18H2. The van der Waals surface area contributed by atoms with Crippen molar-refractivity contribution in [3.8, 4) is 0 Å². The van der Waals surface area contributed by atoms with Gasteiger partial charge >= 0.3 is 6.18 Å². The van der Waals surface area contributed by atoms with Crippen LogP contribution in [0.3, 0.4) is 0 Å². The maximum atomic E-state index is 12.9. The highest BCUT2D eigenvalue weighted by Gasteiger charge is 2.34. The zero-order chi connectivity index (χ0) is 13.9. The van der Waals surface area contributed by atoms with Gasteiger partial charge in [-0.1, -0.05) is 18.2 Å². The van der Waals surface area contributed by atoms with Crippen LogP contribution in [-0.2, 0) is 12.6 Å². The van der Waals surface area contributed by atoms with Crippen LogP contribution in [0.1, 0.15) is 22.7 Å². The first-order valence-corrected chi connectivity index (χ1v) is 5.79. The van der Waals surface area contributed by atoms with E-state index >= 15 is 0 Å². The molecule has 1 aromatic carbocycles. The maximum absolute atomic E-state index is 12.9. The van der Waals surface area contributed by atoms with Crippen molar-refractivity contribution in [3.63, 3.8) is 0 Å². The Hall–Kier alpha value is -1.88. The zero-order valence-electron chi connectivity index (χ0n) is 10.1.